The van der Waals surface area contributed by atoms with Gasteiger partial charge in [0.25, 0.3) is 0 Å². The van der Waals surface area contributed by atoms with Gasteiger partial charge in [-0.05, 0) is 24.6 Å². The molecule has 0 spiro atoms. The molecule has 18 heavy (non-hydrogen) atoms. The minimum atomic E-state index is -0.470. The summed E-state index contributed by atoms with van der Waals surface area (Å²) in [5.74, 6) is 4.30. The van der Waals surface area contributed by atoms with Crippen molar-refractivity contribution in [1.82, 2.24) is 0 Å². The monoisotopic (exact) mass is 249 g/mol. The summed E-state index contributed by atoms with van der Waals surface area (Å²) in [6.45, 7) is 1.68. The van der Waals surface area contributed by atoms with Crippen LogP contribution in [0.3, 0.4) is 0 Å². The lowest BCUT2D eigenvalue weighted by Crippen LogP contribution is -2.11. The van der Waals surface area contributed by atoms with E-state index >= 15 is 0 Å². The summed E-state index contributed by atoms with van der Waals surface area (Å²) in [6.07, 6.45) is 2.22. The Hall–Kier alpha value is -1.86. The molecule has 1 aromatic carbocycles. The van der Waals surface area contributed by atoms with Crippen LogP contribution in [0.2, 0.25) is 0 Å². The van der Waals surface area contributed by atoms with Crippen molar-refractivity contribution in [3.63, 3.8) is 0 Å². The van der Waals surface area contributed by atoms with Gasteiger partial charge in [-0.2, -0.15) is 0 Å². The molecule has 0 unspecified atom stereocenters. The number of amides is 1. The van der Waals surface area contributed by atoms with Gasteiger partial charge in [0, 0.05) is 12.1 Å². The van der Waals surface area contributed by atoms with Crippen molar-refractivity contribution in [3.05, 3.63) is 29.6 Å². The standard InChI is InChI=1S/C14H16FNO2/c1-2-3-6-14(18)16-12-7-8-13(15)11(10-12)5-4-9-17/h7-8,10,17H,2-3,6,9H2,1H3,(H,16,18). The van der Waals surface area contributed by atoms with Gasteiger partial charge in [0.2, 0.25) is 5.91 Å². The van der Waals surface area contributed by atoms with Crippen LogP contribution in [0.25, 0.3) is 0 Å². The van der Waals surface area contributed by atoms with Crippen molar-refractivity contribution in [1.29, 1.82) is 0 Å². The molecule has 0 saturated carbocycles. The van der Waals surface area contributed by atoms with Gasteiger partial charge < -0.3 is 10.4 Å². The predicted molar refractivity (Wildman–Crippen MR) is 68.5 cm³/mol. The molecule has 1 aromatic rings. The SMILES string of the molecule is CCCCC(=O)Nc1ccc(F)c(C#CCO)c1. The highest BCUT2D eigenvalue weighted by Gasteiger charge is 2.04. The maximum atomic E-state index is 13.3. The molecule has 0 saturated heterocycles. The van der Waals surface area contributed by atoms with Crippen LogP contribution in [0.4, 0.5) is 10.1 Å². The summed E-state index contributed by atoms with van der Waals surface area (Å²) in [5, 5.41) is 11.2. The van der Waals surface area contributed by atoms with Gasteiger partial charge in [0.15, 0.2) is 0 Å². The van der Waals surface area contributed by atoms with Crippen LogP contribution in [-0.2, 0) is 4.79 Å². The van der Waals surface area contributed by atoms with Crippen LogP contribution in [0.15, 0.2) is 18.2 Å². The molecule has 0 atom stereocenters. The van der Waals surface area contributed by atoms with Crippen LogP contribution < -0.4 is 5.32 Å². The van der Waals surface area contributed by atoms with Crippen LogP contribution in [0, 0.1) is 17.7 Å². The number of halogens is 1. The Morgan fingerprint density at radius 1 is 1.50 bits per heavy atom. The van der Waals surface area contributed by atoms with E-state index in [0.717, 1.165) is 12.8 Å². The van der Waals surface area contributed by atoms with Crippen molar-refractivity contribution < 1.29 is 14.3 Å². The van der Waals surface area contributed by atoms with Gasteiger partial charge >= 0.3 is 0 Å². The fourth-order valence-electron chi connectivity index (χ4n) is 1.39. The second-order valence-electron chi connectivity index (χ2n) is 3.81. The van der Waals surface area contributed by atoms with Crippen molar-refractivity contribution in [2.24, 2.45) is 0 Å². The lowest BCUT2D eigenvalue weighted by atomic mass is 10.2. The number of aliphatic hydroxyl groups is 1. The summed E-state index contributed by atoms with van der Waals surface area (Å²) in [4.78, 5) is 11.5. The maximum absolute atomic E-state index is 13.3. The van der Waals surface area contributed by atoms with Crippen molar-refractivity contribution in [2.75, 3.05) is 11.9 Å². The number of benzene rings is 1. The molecule has 0 bridgehead atoms. The smallest absolute Gasteiger partial charge is 0.224 e. The minimum Gasteiger partial charge on any atom is -0.384 e. The maximum Gasteiger partial charge on any atom is 0.224 e. The number of rotatable bonds is 4. The fourth-order valence-corrected chi connectivity index (χ4v) is 1.39. The molecule has 0 aliphatic rings. The average Bonchev–Trinajstić information content (AvgIpc) is 2.37. The normalized spacial score (nSPS) is 9.50. The van der Waals surface area contributed by atoms with Crippen molar-refractivity contribution in [2.45, 2.75) is 26.2 Å². The third kappa shape index (κ3) is 4.56. The van der Waals surface area contributed by atoms with Crippen LogP contribution in [-0.4, -0.2) is 17.6 Å². The summed E-state index contributed by atoms with van der Waals surface area (Å²) in [6, 6.07) is 4.20. The highest BCUT2D eigenvalue weighted by Crippen LogP contribution is 2.14. The van der Waals surface area contributed by atoms with Crippen molar-refractivity contribution >= 4 is 11.6 Å². The number of hydrogen-bond donors (Lipinski definition) is 2. The Bertz CT molecular complexity index is 474. The molecule has 2 N–H and O–H groups in total. The topological polar surface area (TPSA) is 49.3 Å². The molecule has 4 heteroatoms. The number of hydrogen-bond acceptors (Lipinski definition) is 2. The summed E-state index contributed by atoms with van der Waals surface area (Å²) in [7, 11) is 0. The van der Waals surface area contributed by atoms with Gasteiger partial charge in [-0.15, -0.1) is 0 Å². The summed E-state index contributed by atoms with van der Waals surface area (Å²) >= 11 is 0. The Labute approximate surface area is 106 Å². The number of carbonyl (C=O) groups excluding carboxylic acids is 1. The van der Waals surface area contributed by atoms with Gasteiger partial charge in [-0.25, -0.2) is 4.39 Å². The fraction of sp³-hybridized carbons (Fsp3) is 0.357. The van der Waals surface area contributed by atoms with Crippen molar-refractivity contribution in [3.8, 4) is 11.8 Å². The van der Waals surface area contributed by atoms with Crippen LogP contribution >= 0.6 is 0 Å². The van der Waals surface area contributed by atoms with E-state index in [9.17, 15) is 9.18 Å². The van der Waals surface area contributed by atoms with E-state index in [2.05, 4.69) is 17.2 Å². The average molecular weight is 249 g/mol. The third-order valence-corrected chi connectivity index (χ3v) is 2.31. The molecular formula is C14H16FNO2. The highest BCUT2D eigenvalue weighted by molar-refractivity contribution is 5.90. The van der Waals surface area contributed by atoms with E-state index in [1.165, 1.54) is 18.2 Å². The van der Waals surface area contributed by atoms with E-state index in [0.29, 0.717) is 12.1 Å². The molecule has 1 amide bonds. The second kappa shape index (κ2) is 7.46. The van der Waals surface area contributed by atoms with Gasteiger partial charge in [-0.1, -0.05) is 25.2 Å². The highest BCUT2D eigenvalue weighted by atomic mass is 19.1. The first kappa shape index (κ1) is 14.2. The Kier molecular flexibility index (Phi) is 5.89. The first-order valence-electron chi connectivity index (χ1n) is 5.86. The van der Waals surface area contributed by atoms with E-state index in [1.54, 1.807) is 0 Å². The van der Waals surface area contributed by atoms with Gasteiger partial charge in [-0.3, -0.25) is 4.79 Å². The third-order valence-electron chi connectivity index (χ3n) is 2.31. The summed E-state index contributed by atoms with van der Waals surface area (Å²) in [5.41, 5.74) is 0.678. The number of carbonyl (C=O) groups is 1. The number of anilines is 1. The molecule has 0 aliphatic carbocycles. The zero-order chi connectivity index (χ0) is 13.4. The largest absolute Gasteiger partial charge is 0.384 e. The van der Waals surface area contributed by atoms with E-state index in [-0.39, 0.29) is 18.1 Å². The Morgan fingerprint density at radius 3 is 2.94 bits per heavy atom. The zero-order valence-electron chi connectivity index (χ0n) is 10.3. The molecule has 0 aliphatic heterocycles. The van der Waals surface area contributed by atoms with Crippen LogP contribution in [0.5, 0.6) is 0 Å². The quantitative estimate of drug-likeness (QED) is 0.804. The zero-order valence-corrected chi connectivity index (χ0v) is 10.3. The molecule has 0 aromatic heterocycles. The molecule has 96 valence electrons. The Morgan fingerprint density at radius 2 is 2.28 bits per heavy atom. The second-order valence-corrected chi connectivity index (χ2v) is 3.81. The first-order valence-corrected chi connectivity index (χ1v) is 5.86. The number of aliphatic hydroxyl groups excluding tert-OH is 1. The predicted octanol–water partition coefficient (Wildman–Crippen LogP) is 2.30. The van der Waals surface area contributed by atoms with E-state index in [4.69, 9.17) is 5.11 Å². The van der Waals surface area contributed by atoms with E-state index in [1.807, 2.05) is 6.92 Å². The molecule has 3 nitrogen and oxygen atoms in total. The molecule has 0 heterocycles. The first-order chi connectivity index (χ1) is 8.67. The molecular weight excluding hydrogens is 233 g/mol. The van der Waals surface area contributed by atoms with E-state index < -0.39 is 5.82 Å². The number of unbranched alkanes of at least 4 members (excludes halogenated alkanes) is 1. The minimum absolute atomic E-state index is 0.0930. The van der Waals surface area contributed by atoms with Gasteiger partial charge in [0.05, 0.1) is 5.56 Å². The van der Waals surface area contributed by atoms with Gasteiger partial charge in [0.1, 0.15) is 12.4 Å². The molecule has 0 fully saturated rings. The molecule has 0 radical (unpaired) electrons. The lowest BCUT2D eigenvalue weighted by Gasteiger charge is -2.05. The Balaban J connectivity index is 2.75. The number of nitrogens with one attached hydrogen (secondary N) is 1. The summed E-state index contributed by atoms with van der Waals surface area (Å²) < 4.78 is 13.3. The molecule has 1 rings (SSSR count). The lowest BCUT2D eigenvalue weighted by molar-refractivity contribution is -0.116. The van der Waals surface area contributed by atoms with Crippen LogP contribution in [0.1, 0.15) is 31.7 Å².